The number of nitrogens with zero attached hydrogens (tertiary/aromatic N) is 3. The van der Waals surface area contributed by atoms with Crippen molar-refractivity contribution in [1.82, 2.24) is 25.7 Å². The van der Waals surface area contributed by atoms with Crippen molar-refractivity contribution in [3.05, 3.63) is 11.7 Å². The molecule has 0 radical (unpaired) electrons. The molecule has 1 saturated carbocycles. The smallest absolute Gasteiger partial charge is 0.315 e. The van der Waals surface area contributed by atoms with E-state index in [1.54, 1.807) is 0 Å². The number of likely N-dealkylation sites (tertiary alicyclic amines) is 1. The van der Waals surface area contributed by atoms with Crippen molar-refractivity contribution in [2.75, 3.05) is 13.6 Å². The first-order chi connectivity index (χ1) is 11.5. The van der Waals surface area contributed by atoms with E-state index in [-0.39, 0.29) is 24.0 Å². The summed E-state index contributed by atoms with van der Waals surface area (Å²) >= 11 is 0. The molecule has 2 N–H and O–H groups in total. The van der Waals surface area contributed by atoms with Crippen LogP contribution in [0.25, 0.3) is 0 Å². The third-order valence-electron chi connectivity index (χ3n) is 5.08. The third kappa shape index (κ3) is 4.06. The molecule has 3 rings (SSSR count). The lowest BCUT2D eigenvalue weighted by atomic mass is 9.96. The van der Waals surface area contributed by atoms with Crippen LogP contribution in [0.5, 0.6) is 0 Å². The van der Waals surface area contributed by atoms with Gasteiger partial charge in [0, 0.05) is 24.5 Å². The normalized spacial score (nSPS) is 26.0. The van der Waals surface area contributed by atoms with Crippen molar-refractivity contribution in [2.24, 2.45) is 0 Å². The van der Waals surface area contributed by atoms with Crippen LogP contribution in [-0.2, 0) is 0 Å². The first kappa shape index (κ1) is 17.2. The van der Waals surface area contributed by atoms with Gasteiger partial charge in [0.1, 0.15) is 0 Å². The van der Waals surface area contributed by atoms with Crippen LogP contribution in [0.15, 0.2) is 4.52 Å². The molecule has 1 aliphatic heterocycles. The Morgan fingerprint density at radius 2 is 1.92 bits per heavy atom. The monoisotopic (exact) mass is 335 g/mol. The summed E-state index contributed by atoms with van der Waals surface area (Å²) in [6.45, 7) is 4.89. The number of hydrogen-bond acceptors (Lipinski definition) is 5. The highest BCUT2D eigenvalue weighted by Gasteiger charge is 2.35. The van der Waals surface area contributed by atoms with E-state index in [1.807, 2.05) is 20.9 Å². The number of carbonyl (C=O) groups is 1. The third-order valence-corrected chi connectivity index (χ3v) is 5.08. The van der Waals surface area contributed by atoms with Gasteiger partial charge in [-0.3, -0.25) is 4.90 Å². The minimum atomic E-state index is -0.0469. The maximum atomic E-state index is 12.2. The number of hydrogen-bond donors (Lipinski definition) is 2. The number of likely N-dealkylation sites (N-methyl/N-ethyl adjacent to an activating group) is 1. The summed E-state index contributed by atoms with van der Waals surface area (Å²) in [5.74, 6) is 1.65. The molecule has 7 nitrogen and oxygen atoms in total. The van der Waals surface area contributed by atoms with E-state index in [0.29, 0.717) is 11.9 Å². The molecule has 1 aromatic rings. The molecule has 2 amide bonds. The fraction of sp³-hybridized carbons (Fsp3) is 0.824. The summed E-state index contributed by atoms with van der Waals surface area (Å²) in [6, 6.07) is 0.468. The van der Waals surface area contributed by atoms with Crippen molar-refractivity contribution >= 4 is 6.03 Å². The van der Waals surface area contributed by atoms with Crippen LogP contribution in [0.4, 0.5) is 4.79 Å². The van der Waals surface area contributed by atoms with Gasteiger partial charge in [-0.1, -0.05) is 38.3 Å². The van der Waals surface area contributed by atoms with Crippen molar-refractivity contribution in [3.8, 4) is 0 Å². The zero-order chi connectivity index (χ0) is 17.1. The molecular weight excluding hydrogens is 306 g/mol. The Labute approximate surface area is 143 Å². The van der Waals surface area contributed by atoms with Gasteiger partial charge in [0.05, 0.1) is 6.04 Å². The fourth-order valence-electron chi connectivity index (χ4n) is 3.67. The lowest BCUT2D eigenvalue weighted by Gasteiger charge is -2.24. The summed E-state index contributed by atoms with van der Waals surface area (Å²) in [5, 5.41) is 10.3. The molecule has 0 aromatic carbocycles. The van der Waals surface area contributed by atoms with E-state index in [4.69, 9.17) is 4.52 Å². The highest BCUT2D eigenvalue weighted by atomic mass is 16.5. The van der Waals surface area contributed by atoms with Gasteiger partial charge in [0.25, 0.3) is 0 Å². The van der Waals surface area contributed by atoms with E-state index in [1.165, 1.54) is 19.3 Å². The Balaban J connectivity index is 1.52. The minimum absolute atomic E-state index is 0.0469. The zero-order valence-electron chi connectivity index (χ0n) is 14.9. The van der Waals surface area contributed by atoms with Gasteiger partial charge in [-0.15, -0.1) is 0 Å². The highest BCUT2D eigenvalue weighted by Crippen LogP contribution is 2.30. The topological polar surface area (TPSA) is 83.3 Å². The predicted octanol–water partition coefficient (Wildman–Crippen LogP) is 2.57. The molecule has 0 unspecified atom stereocenters. The molecule has 2 heterocycles. The first-order valence-electron chi connectivity index (χ1n) is 9.13. The Bertz CT molecular complexity index is 553. The second-order valence-corrected chi connectivity index (χ2v) is 7.49. The molecule has 0 spiro atoms. The number of nitrogens with one attached hydrogen (secondary N) is 2. The first-order valence-corrected chi connectivity index (χ1v) is 9.13. The molecule has 7 heteroatoms. The van der Waals surface area contributed by atoms with Crippen LogP contribution in [0.1, 0.15) is 76.0 Å². The highest BCUT2D eigenvalue weighted by molar-refractivity contribution is 5.74. The van der Waals surface area contributed by atoms with E-state index < -0.39 is 0 Å². The van der Waals surface area contributed by atoms with Crippen LogP contribution < -0.4 is 10.6 Å². The molecule has 2 fully saturated rings. The molecule has 1 aliphatic carbocycles. The zero-order valence-corrected chi connectivity index (χ0v) is 14.9. The van der Waals surface area contributed by atoms with Crippen LogP contribution >= 0.6 is 0 Å². The lowest BCUT2D eigenvalue weighted by molar-refractivity contribution is 0.228. The van der Waals surface area contributed by atoms with Crippen molar-refractivity contribution in [3.63, 3.8) is 0 Å². The molecule has 134 valence electrons. The number of rotatable bonds is 4. The minimum Gasteiger partial charge on any atom is -0.338 e. The van der Waals surface area contributed by atoms with Gasteiger partial charge < -0.3 is 15.2 Å². The van der Waals surface area contributed by atoms with Crippen molar-refractivity contribution in [1.29, 1.82) is 0 Å². The molecular formula is C17H29N5O2. The SMILES string of the molecule is CC(C)c1noc([C@H]2C[C@H](NC(=O)NC3CCCCC3)CN2C)n1. The Hall–Kier alpha value is -1.63. The molecule has 2 aliphatic rings. The average molecular weight is 335 g/mol. The van der Waals surface area contributed by atoms with Crippen LogP contribution in [0.2, 0.25) is 0 Å². The predicted molar refractivity (Wildman–Crippen MR) is 90.7 cm³/mol. The Morgan fingerprint density at radius 1 is 1.21 bits per heavy atom. The Morgan fingerprint density at radius 3 is 2.58 bits per heavy atom. The van der Waals surface area contributed by atoms with Crippen molar-refractivity contribution < 1.29 is 9.32 Å². The van der Waals surface area contributed by atoms with Gasteiger partial charge in [0.15, 0.2) is 5.82 Å². The molecule has 1 aromatic heterocycles. The molecule has 2 atom stereocenters. The molecule has 24 heavy (non-hydrogen) atoms. The summed E-state index contributed by atoms with van der Waals surface area (Å²) in [7, 11) is 2.03. The van der Waals surface area contributed by atoms with Crippen LogP contribution in [-0.4, -0.2) is 46.7 Å². The number of carbonyl (C=O) groups excluding carboxylic acids is 1. The lowest BCUT2D eigenvalue weighted by Crippen LogP contribution is -2.47. The van der Waals surface area contributed by atoms with Gasteiger partial charge in [0.2, 0.25) is 5.89 Å². The van der Waals surface area contributed by atoms with Gasteiger partial charge in [-0.2, -0.15) is 4.98 Å². The van der Waals surface area contributed by atoms with Gasteiger partial charge >= 0.3 is 6.03 Å². The number of urea groups is 1. The van der Waals surface area contributed by atoms with Crippen LogP contribution in [0.3, 0.4) is 0 Å². The standard InChI is InChI=1S/C17H29N5O2/c1-11(2)15-20-16(24-21-15)14-9-13(10-22(14)3)19-17(23)18-12-7-5-4-6-8-12/h11-14H,4-10H2,1-3H3,(H2,18,19,23)/t13-,14+/m0/s1. The number of aromatic nitrogens is 2. The van der Waals surface area contributed by atoms with E-state index in [2.05, 4.69) is 25.7 Å². The van der Waals surface area contributed by atoms with Crippen molar-refractivity contribution in [2.45, 2.75) is 76.4 Å². The fourth-order valence-corrected chi connectivity index (χ4v) is 3.67. The van der Waals surface area contributed by atoms with Gasteiger partial charge in [-0.25, -0.2) is 4.79 Å². The summed E-state index contributed by atoms with van der Waals surface area (Å²) in [6.07, 6.45) is 6.72. The summed E-state index contributed by atoms with van der Waals surface area (Å²) < 4.78 is 5.42. The van der Waals surface area contributed by atoms with E-state index in [0.717, 1.165) is 31.6 Å². The average Bonchev–Trinajstić information content (AvgIpc) is 3.15. The largest absolute Gasteiger partial charge is 0.338 e. The maximum absolute atomic E-state index is 12.2. The van der Waals surface area contributed by atoms with Crippen LogP contribution in [0, 0.1) is 0 Å². The van der Waals surface area contributed by atoms with E-state index in [9.17, 15) is 4.79 Å². The summed E-state index contributed by atoms with van der Waals surface area (Å²) in [4.78, 5) is 18.9. The Kier molecular flexibility index (Phi) is 5.38. The second-order valence-electron chi connectivity index (χ2n) is 7.49. The van der Waals surface area contributed by atoms with Gasteiger partial charge in [-0.05, 0) is 26.3 Å². The second kappa shape index (κ2) is 7.51. The number of amides is 2. The van der Waals surface area contributed by atoms with E-state index >= 15 is 0 Å². The summed E-state index contributed by atoms with van der Waals surface area (Å²) in [5.41, 5.74) is 0. The quantitative estimate of drug-likeness (QED) is 0.883. The maximum Gasteiger partial charge on any atom is 0.315 e. The molecule has 0 bridgehead atoms. The molecule has 1 saturated heterocycles.